The summed E-state index contributed by atoms with van der Waals surface area (Å²) in [4.78, 5) is 27.2. The molecule has 4 rings (SSSR count). The number of hydrogen-bond donors (Lipinski definition) is 3. The van der Waals surface area contributed by atoms with Crippen LogP contribution in [0.15, 0.2) is 54.6 Å². The van der Waals surface area contributed by atoms with Crippen molar-refractivity contribution >= 4 is 52.7 Å². The highest BCUT2D eigenvalue weighted by atomic mass is 35.5. The number of benzene rings is 2. The molecule has 0 saturated heterocycles. The Morgan fingerprint density at radius 1 is 1.03 bits per heavy atom. The van der Waals surface area contributed by atoms with Gasteiger partial charge >= 0.3 is 5.97 Å². The van der Waals surface area contributed by atoms with Crippen LogP contribution >= 0.6 is 23.2 Å². The first-order chi connectivity index (χ1) is 15.4. The summed E-state index contributed by atoms with van der Waals surface area (Å²) in [5, 5.41) is 20.3. The van der Waals surface area contributed by atoms with E-state index in [9.17, 15) is 9.59 Å². The van der Waals surface area contributed by atoms with Gasteiger partial charge in [-0.05, 0) is 47.9 Å². The van der Waals surface area contributed by atoms with E-state index in [0.29, 0.717) is 16.0 Å². The van der Waals surface area contributed by atoms with Crippen LogP contribution in [0.5, 0.6) is 0 Å². The second kappa shape index (κ2) is 9.42. The molecule has 1 aromatic heterocycles. The molecule has 0 saturated carbocycles. The van der Waals surface area contributed by atoms with Gasteiger partial charge in [0.05, 0.1) is 0 Å². The van der Waals surface area contributed by atoms with Crippen LogP contribution in [0.25, 0.3) is 5.70 Å². The Kier molecular flexibility index (Phi) is 6.43. The molecule has 0 aliphatic carbocycles. The highest BCUT2D eigenvalue weighted by molar-refractivity contribution is 6.30. The van der Waals surface area contributed by atoms with E-state index >= 15 is 0 Å². The zero-order valence-electron chi connectivity index (χ0n) is 16.8. The summed E-state index contributed by atoms with van der Waals surface area (Å²) in [6.45, 7) is 0. The van der Waals surface area contributed by atoms with Gasteiger partial charge in [0.1, 0.15) is 6.04 Å². The fourth-order valence-electron chi connectivity index (χ4n) is 3.33. The highest BCUT2D eigenvalue weighted by Gasteiger charge is 2.26. The Labute approximate surface area is 193 Å². The Bertz CT molecular complexity index is 1170. The zero-order chi connectivity index (χ0) is 22.7. The maximum Gasteiger partial charge on any atom is 0.303 e. The van der Waals surface area contributed by atoms with Crippen molar-refractivity contribution in [2.75, 3.05) is 10.6 Å². The van der Waals surface area contributed by atoms with Gasteiger partial charge in [0.15, 0.2) is 0 Å². The lowest BCUT2D eigenvalue weighted by Gasteiger charge is -2.24. The number of carbonyl (C=O) groups excluding carboxylic acids is 1. The van der Waals surface area contributed by atoms with Crippen molar-refractivity contribution in [3.8, 4) is 0 Å². The van der Waals surface area contributed by atoms with Gasteiger partial charge in [-0.25, -0.2) is 4.68 Å². The molecular weight excluding hydrogens is 453 g/mol. The van der Waals surface area contributed by atoms with E-state index in [2.05, 4.69) is 20.7 Å². The standard InChI is InChI=1S/C22H19Cl2N5O3/c23-15-8-4-13(5-9-15)17-12-18(14-6-10-16(24)11-7-14)29-22(25-17)27-21(28-29)26-19(30)2-1-3-20(31)32/h4-12,18H,1-3H2,(H,31,32)(H2,25,26,27,28,30). The summed E-state index contributed by atoms with van der Waals surface area (Å²) in [6, 6.07) is 14.5. The summed E-state index contributed by atoms with van der Waals surface area (Å²) in [7, 11) is 0. The first-order valence-electron chi connectivity index (χ1n) is 9.87. The minimum Gasteiger partial charge on any atom is -0.481 e. The number of fused-ring (bicyclic) bond motifs is 1. The van der Waals surface area contributed by atoms with Gasteiger partial charge in [0, 0.05) is 28.6 Å². The SMILES string of the molecule is O=C(O)CCCC(=O)Nc1nc2n(n1)C(c1ccc(Cl)cc1)C=C(c1ccc(Cl)cc1)N2. The van der Waals surface area contributed by atoms with Gasteiger partial charge in [0.2, 0.25) is 11.9 Å². The van der Waals surface area contributed by atoms with Gasteiger partial charge in [-0.15, -0.1) is 5.10 Å². The van der Waals surface area contributed by atoms with E-state index in [4.69, 9.17) is 28.3 Å². The maximum atomic E-state index is 12.2. The van der Waals surface area contributed by atoms with E-state index < -0.39 is 5.97 Å². The quantitative estimate of drug-likeness (QED) is 0.454. The van der Waals surface area contributed by atoms with E-state index in [0.717, 1.165) is 16.8 Å². The predicted octanol–water partition coefficient (Wildman–Crippen LogP) is 4.83. The van der Waals surface area contributed by atoms with Crippen LogP contribution in [-0.4, -0.2) is 31.7 Å². The van der Waals surface area contributed by atoms with Crippen molar-refractivity contribution in [1.29, 1.82) is 0 Å². The second-order valence-corrected chi connectivity index (χ2v) is 8.08. The number of halogens is 2. The fraction of sp³-hybridized carbons (Fsp3) is 0.182. The van der Waals surface area contributed by atoms with Crippen molar-refractivity contribution in [3.63, 3.8) is 0 Å². The molecule has 0 bridgehead atoms. The molecule has 10 heteroatoms. The van der Waals surface area contributed by atoms with E-state index in [-0.39, 0.29) is 37.2 Å². The second-order valence-electron chi connectivity index (χ2n) is 7.21. The van der Waals surface area contributed by atoms with Gasteiger partial charge in [0.25, 0.3) is 5.95 Å². The first-order valence-corrected chi connectivity index (χ1v) is 10.6. The Balaban J connectivity index is 1.62. The monoisotopic (exact) mass is 471 g/mol. The number of anilines is 2. The smallest absolute Gasteiger partial charge is 0.303 e. The Hall–Kier alpha value is -3.36. The third kappa shape index (κ3) is 5.09. The topological polar surface area (TPSA) is 109 Å². The van der Waals surface area contributed by atoms with Crippen molar-refractivity contribution in [3.05, 3.63) is 75.8 Å². The van der Waals surface area contributed by atoms with Crippen molar-refractivity contribution < 1.29 is 14.7 Å². The highest BCUT2D eigenvalue weighted by Crippen LogP contribution is 2.34. The number of hydrogen-bond acceptors (Lipinski definition) is 5. The van der Waals surface area contributed by atoms with Crippen molar-refractivity contribution in [1.82, 2.24) is 14.8 Å². The number of carboxylic acids is 1. The fourth-order valence-corrected chi connectivity index (χ4v) is 3.58. The number of nitrogens with one attached hydrogen (secondary N) is 2. The molecule has 164 valence electrons. The third-order valence-corrected chi connectivity index (χ3v) is 5.38. The summed E-state index contributed by atoms with van der Waals surface area (Å²) < 4.78 is 1.68. The minimum absolute atomic E-state index is 0.0679. The molecule has 1 amide bonds. The zero-order valence-corrected chi connectivity index (χ0v) is 18.3. The molecule has 0 fully saturated rings. The molecule has 1 unspecified atom stereocenters. The lowest BCUT2D eigenvalue weighted by Crippen LogP contribution is -2.20. The lowest BCUT2D eigenvalue weighted by molar-refractivity contribution is -0.137. The van der Waals surface area contributed by atoms with Crippen LogP contribution < -0.4 is 10.6 Å². The average molecular weight is 472 g/mol. The van der Waals surface area contributed by atoms with Crippen molar-refractivity contribution in [2.24, 2.45) is 0 Å². The van der Waals surface area contributed by atoms with Crippen LogP contribution in [0.3, 0.4) is 0 Å². The van der Waals surface area contributed by atoms with Gasteiger partial charge in [-0.2, -0.15) is 4.98 Å². The maximum absolute atomic E-state index is 12.2. The number of rotatable bonds is 7. The van der Waals surface area contributed by atoms with E-state index in [1.807, 2.05) is 30.3 Å². The molecule has 0 spiro atoms. The molecule has 8 nitrogen and oxygen atoms in total. The number of amides is 1. The lowest BCUT2D eigenvalue weighted by atomic mass is 10.0. The van der Waals surface area contributed by atoms with Crippen LogP contribution in [0.1, 0.15) is 36.4 Å². The number of nitrogens with zero attached hydrogens (tertiary/aromatic N) is 3. The molecular formula is C22H19Cl2N5O3. The van der Waals surface area contributed by atoms with Gasteiger partial charge < -0.3 is 10.4 Å². The van der Waals surface area contributed by atoms with E-state index in [1.165, 1.54) is 0 Å². The van der Waals surface area contributed by atoms with Gasteiger partial charge in [-0.1, -0.05) is 47.5 Å². The molecule has 32 heavy (non-hydrogen) atoms. The molecule has 0 radical (unpaired) electrons. The molecule has 2 aromatic carbocycles. The largest absolute Gasteiger partial charge is 0.481 e. The molecule has 1 aliphatic rings. The van der Waals surface area contributed by atoms with Crippen LogP contribution in [0.2, 0.25) is 10.0 Å². The normalized spacial score (nSPS) is 14.8. The van der Waals surface area contributed by atoms with Crippen LogP contribution in [-0.2, 0) is 9.59 Å². The molecule has 2 heterocycles. The number of aromatic nitrogens is 3. The molecule has 1 aliphatic heterocycles. The van der Waals surface area contributed by atoms with Gasteiger partial charge in [-0.3, -0.25) is 14.9 Å². The Morgan fingerprint density at radius 2 is 1.69 bits per heavy atom. The van der Waals surface area contributed by atoms with Crippen molar-refractivity contribution in [2.45, 2.75) is 25.3 Å². The number of allylic oxidation sites excluding steroid dienone is 1. The summed E-state index contributed by atoms with van der Waals surface area (Å²) >= 11 is 12.1. The average Bonchev–Trinajstić information content (AvgIpc) is 3.16. The van der Waals surface area contributed by atoms with Crippen LogP contribution in [0, 0.1) is 0 Å². The molecule has 1 atom stereocenters. The first kappa shape index (κ1) is 21.9. The number of carbonyl (C=O) groups is 2. The van der Waals surface area contributed by atoms with Crippen LogP contribution in [0.4, 0.5) is 11.9 Å². The minimum atomic E-state index is -0.941. The summed E-state index contributed by atoms with van der Waals surface area (Å²) in [6.07, 6.45) is 2.24. The molecule has 3 aromatic rings. The third-order valence-electron chi connectivity index (χ3n) is 4.88. The summed E-state index contributed by atoms with van der Waals surface area (Å²) in [5.74, 6) is -0.692. The Morgan fingerprint density at radius 3 is 2.34 bits per heavy atom. The predicted molar refractivity (Wildman–Crippen MR) is 123 cm³/mol. The van der Waals surface area contributed by atoms with E-state index in [1.54, 1.807) is 28.9 Å². The number of aliphatic carboxylic acids is 1. The summed E-state index contributed by atoms with van der Waals surface area (Å²) in [5.41, 5.74) is 2.68. The number of carboxylic acid groups (broad SMARTS) is 1. The molecule has 3 N–H and O–H groups in total.